The van der Waals surface area contributed by atoms with Crippen LogP contribution in [0.3, 0.4) is 0 Å². The quantitative estimate of drug-likeness (QED) is 0.702. The Kier molecular flexibility index (Phi) is 5.07. The van der Waals surface area contributed by atoms with E-state index in [4.69, 9.17) is 5.73 Å². The molecule has 2 heteroatoms. The molecular formula is C13H28N2. The van der Waals surface area contributed by atoms with Crippen LogP contribution in [-0.2, 0) is 0 Å². The van der Waals surface area contributed by atoms with Crippen molar-refractivity contribution in [2.45, 2.75) is 46.0 Å². The Morgan fingerprint density at radius 1 is 1.20 bits per heavy atom. The fraction of sp³-hybridized carbons (Fsp3) is 1.00. The van der Waals surface area contributed by atoms with Gasteiger partial charge in [0.05, 0.1) is 0 Å². The first-order valence-electron chi connectivity index (χ1n) is 6.42. The van der Waals surface area contributed by atoms with Crippen molar-refractivity contribution < 1.29 is 0 Å². The molecule has 2 nitrogen and oxygen atoms in total. The highest BCUT2D eigenvalue weighted by atomic mass is 15.2. The molecule has 0 unspecified atom stereocenters. The molecule has 0 spiro atoms. The lowest BCUT2D eigenvalue weighted by molar-refractivity contribution is 0.120. The smallest absolute Gasteiger partial charge is 0.00190 e. The van der Waals surface area contributed by atoms with Gasteiger partial charge in [-0.3, -0.25) is 0 Å². The molecule has 0 aromatic carbocycles. The Morgan fingerprint density at radius 2 is 1.80 bits per heavy atom. The first kappa shape index (κ1) is 13.0. The highest BCUT2D eigenvalue weighted by Gasteiger charge is 2.24. The van der Waals surface area contributed by atoms with Crippen molar-refractivity contribution in [2.75, 3.05) is 26.7 Å². The van der Waals surface area contributed by atoms with Crippen molar-refractivity contribution in [1.29, 1.82) is 0 Å². The molecule has 0 aliphatic carbocycles. The minimum atomic E-state index is 0.509. The van der Waals surface area contributed by atoms with Gasteiger partial charge >= 0.3 is 0 Å². The molecular weight excluding hydrogens is 184 g/mol. The maximum absolute atomic E-state index is 5.55. The summed E-state index contributed by atoms with van der Waals surface area (Å²) in [6, 6.07) is 0. The third-order valence-corrected chi connectivity index (χ3v) is 3.66. The molecule has 0 radical (unpaired) electrons. The van der Waals surface area contributed by atoms with Gasteiger partial charge in [0.25, 0.3) is 0 Å². The predicted molar refractivity (Wildman–Crippen MR) is 66.9 cm³/mol. The van der Waals surface area contributed by atoms with Gasteiger partial charge in [-0.25, -0.2) is 0 Å². The summed E-state index contributed by atoms with van der Waals surface area (Å²) < 4.78 is 0. The Morgan fingerprint density at radius 3 is 2.33 bits per heavy atom. The zero-order valence-electron chi connectivity index (χ0n) is 10.8. The van der Waals surface area contributed by atoms with Crippen molar-refractivity contribution >= 4 is 0 Å². The van der Waals surface area contributed by atoms with E-state index in [-0.39, 0.29) is 0 Å². The fourth-order valence-electron chi connectivity index (χ4n) is 2.59. The molecule has 90 valence electrons. The highest BCUT2D eigenvalue weighted by molar-refractivity contribution is 4.78. The van der Waals surface area contributed by atoms with Crippen LogP contribution in [0.1, 0.15) is 46.0 Å². The van der Waals surface area contributed by atoms with Crippen molar-refractivity contribution in [2.24, 2.45) is 17.1 Å². The lowest BCUT2D eigenvalue weighted by Crippen LogP contribution is -2.43. The van der Waals surface area contributed by atoms with Crippen LogP contribution in [-0.4, -0.2) is 31.6 Å². The molecule has 0 bridgehead atoms. The van der Waals surface area contributed by atoms with E-state index in [2.05, 4.69) is 25.8 Å². The van der Waals surface area contributed by atoms with Gasteiger partial charge < -0.3 is 10.6 Å². The molecule has 1 fully saturated rings. The summed E-state index contributed by atoms with van der Waals surface area (Å²) in [6.45, 7) is 8.26. The molecule has 0 aromatic heterocycles. The number of hydrogen-bond donors (Lipinski definition) is 1. The average molecular weight is 212 g/mol. The number of hydrogen-bond acceptors (Lipinski definition) is 2. The zero-order chi connectivity index (χ0) is 11.3. The Balaban J connectivity index is 2.02. The summed E-state index contributed by atoms with van der Waals surface area (Å²) in [5.41, 5.74) is 6.06. The molecule has 2 N–H and O–H groups in total. The molecule has 1 saturated heterocycles. The highest BCUT2D eigenvalue weighted by Crippen LogP contribution is 2.30. The number of nitrogens with two attached hydrogens (primary N) is 1. The van der Waals surface area contributed by atoms with Crippen LogP contribution in [0, 0.1) is 11.3 Å². The largest absolute Gasteiger partial charge is 0.330 e. The standard InChI is InChI=1S/C13H28N2/c1-13(2,8-5-9-14)7-4-6-12-10-15(3)11-12/h12H,4-11,14H2,1-3H3. The minimum Gasteiger partial charge on any atom is -0.330 e. The molecule has 1 aliphatic heterocycles. The first-order valence-corrected chi connectivity index (χ1v) is 6.42. The Bertz CT molecular complexity index is 171. The summed E-state index contributed by atoms with van der Waals surface area (Å²) in [4.78, 5) is 2.41. The summed E-state index contributed by atoms with van der Waals surface area (Å²) >= 11 is 0. The number of rotatable bonds is 7. The minimum absolute atomic E-state index is 0.509. The van der Waals surface area contributed by atoms with Crippen molar-refractivity contribution in [3.05, 3.63) is 0 Å². The van der Waals surface area contributed by atoms with Gasteiger partial charge in [-0.2, -0.15) is 0 Å². The summed E-state index contributed by atoms with van der Waals surface area (Å²) in [5.74, 6) is 0.986. The van der Waals surface area contributed by atoms with Crippen LogP contribution < -0.4 is 5.73 Å². The fourth-order valence-corrected chi connectivity index (χ4v) is 2.59. The summed E-state index contributed by atoms with van der Waals surface area (Å²) in [6.07, 6.45) is 6.66. The van der Waals surface area contributed by atoms with E-state index in [0.717, 1.165) is 12.5 Å². The Labute approximate surface area is 95.2 Å². The van der Waals surface area contributed by atoms with Gasteiger partial charge in [0, 0.05) is 13.1 Å². The van der Waals surface area contributed by atoms with Crippen LogP contribution in [0.5, 0.6) is 0 Å². The number of nitrogens with zero attached hydrogens (tertiary/aromatic N) is 1. The molecule has 0 atom stereocenters. The molecule has 1 heterocycles. The predicted octanol–water partition coefficient (Wildman–Crippen LogP) is 2.48. The second kappa shape index (κ2) is 5.86. The first-order chi connectivity index (χ1) is 7.03. The van der Waals surface area contributed by atoms with Crippen LogP contribution in [0.15, 0.2) is 0 Å². The molecule has 15 heavy (non-hydrogen) atoms. The molecule has 0 aromatic rings. The van der Waals surface area contributed by atoms with Crippen LogP contribution in [0.2, 0.25) is 0 Å². The van der Waals surface area contributed by atoms with E-state index in [1.807, 2.05) is 0 Å². The van der Waals surface area contributed by atoms with Crippen molar-refractivity contribution in [1.82, 2.24) is 4.90 Å². The van der Waals surface area contributed by atoms with Gasteiger partial charge in [0.2, 0.25) is 0 Å². The van der Waals surface area contributed by atoms with E-state index in [1.165, 1.54) is 45.2 Å². The molecule has 1 rings (SSSR count). The lowest BCUT2D eigenvalue weighted by Gasteiger charge is -2.37. The van der Waals surface area contributed by atoms with E-state index in [1.54, 1.807) is 0 Å². The second-order valence-electron chi connectivity index (χ2n) is 6.04. The van der Waals surface area contributed by atoms with E-state index >= 15 is 0 Å². The van der Waals surface area contributed by atoms with Crippen molar-refractivity contribution in [3.63, 3.8) is 0 Å². The third kappa shape index (κ3) is 4.98. The van der Waals surface area contributed by atoms with Gasteiger partial charge in [0.15, 0.2) is 0 Å². The van der Waals surface area contributed by atoms with E-state index in [0.29, 0.717) is 5.41 Å². The van der Waals surface area contributed by atoms with Crippen LogP contribution in [0.25, 0.3) is 0 Å². The van der Waals surface area contributed by atoms with Crippen LogP contribution >= 0.6 is 0 Å². The van der Waals surface area contributed by atoms with Gasteiger partial charge in [-0.05, 0) is 50.6 Å². The maximum Gasteiger partial charge on any atom is 0.00190 e. The molecule has 0 saturated carbocycles. The monoisotopic (exact) mass is 212 g/mol. The van der Waals surface area contributed by atoms with Crippen molar-refractivity contribution in [3.8, 4) is 0 Å². The van der Waals surface area contributed by atoms with Gasteiger partial charge in [-0.15, -0.1) is 0 Å². The zero-order valence-corrected chi connectivity index (χ0v) is 10.8. The molecule has 1 aliphatic rings. The maximum atomic E-state index is 5.55. The normalized spacial score (nSPS) is 19.2. The molecule has 0 amide bonds. The lowest BCUT2D eigenvalue weighted by atomic mass is 9.81. The summed E-state index contributed by atoms with van der Waals surface area (Å²) in [5, 5.41) is 0. The topological polar surface area (TPSA) is 29.3 Å². The van der Waals surface area contributed by atoms with Gasteiger partial charge in [-0.1, -0.05) is 20.3 Å². The SMILES string of the molecule is CN1CC(CCCC(C)(C)CCCN)C1. The summed E-state index contributed by atoms with van der Waals surface area (Å²) in [7, 11) is 2.21. The van der Waals surface area contributed by atoms with Crippen LogP contribution in [0.4, 0.5) is 0 Å². The van der Waals surface area contributed by atoms with Gasteiger partial charge in [0.1, 0.15) is 0 Å². The third-order valence-electron chi connectivity index (χ3n) is 3.66. The average Bonchev–Trinajstić information content (AvgIpc) is 2.12. The Hall–Kier alpha value is -0.0800. The van der Waals surface area contributed by atoms with E-state index in [9.17, 15) is 0 Å². The number of likely N-dealkylation sites (tertiary alicyclic amines) is 1. The second-order valence-corrected chi connectivity index (χ2v) is 6.04. The van der Waals surface area contributed by atoms with E-state index < -0.39 is 0 Å².